The smallest absolute Gasteiger partial charge is 0.260 e. The lowest BCUT2D eigenvalue weighted by molar-refractivity contribution is -0.121. The molecular weight excluding hydrogens is 352 g/mol. The number of rotatable bonds is 6. The van der Waals surface area contributed by atoms with Crippen molar-refractivity contribution in [2.24, 2.45) is 5.41 Å². The summed E-state index contributed by atoms with van der Waals surface area (Å²) in [5.74, 6) is 0.254. The van der Waals surface area contributed by atoms with E-state index in [2.05, 4.69) is 27.9 Å². The fraction of sp³-hybridized carbons (Fsp3) is 0.500. The first kappa shape index (κ1) is 18.6. The zero-order valence-electron chi connectivity index (χ0n) is 15.1. The van der Waals surface area contributed by atoms with Gasteiger partial charge in [-0.2, -0.15) is 0 Å². The number of piperidine rings is 1. The van der Waals surface area contributed by atoms with Gasteiger partial charge in [-0.15, -0.1) is 11.3 Å². The Morgan fingerprint density at radius 1 is 1.38 bits per heavy atom. The molecule has 0 aliphatic carbocycles. The van der Waals surface area contributed by atoms with Crippen LogP contribution in [0.25, 0.3) is 0 Å². The maximum absolute atomic E-state index is 12.2. The first-order valence-electron chi connectivity index (χ1n) is 8.72. The summed E-state index contributed by atoms with van der Waals surface area (Å²) in [6.45, 7) is 6.62. The Balaban J connectivity index is 1.49. The van der Waals surface area contributed by atoms with Crippen LogP contribution in [0.4, 0.5) is 5.13 Å². The fourth-order valence-electron chi connectivity index (χ4n) is 2.98. The van der Waals surface area contributed by atoms with Gasteiger partial charge in [-0.05, 0) is 44.3 Å². The van der Waals surface area contributed by atoms with Crippen molar-refractivity contribution in [2.45, 2.75) is 33.1 Å². The summed E-state index contributed by atoms with van der Waals surface area (Å²) in [5, 5.41) is 11.4. The van der Waals surface area contributed by atoms with Crippen LogP contribution >= 0.6 is 11.3 Å². The number of amides is 2. The van der Waals surface area contributed by atoms with Gasteiger partial charge in [0.25, 0.3) is 5.91 Å². The van der Waals surface area contributed by atoms with E-state index in [1.54, 1.807) is 18.4 Å². The van der Waals surface area contributed by atoms with Crippen molar-refractivity contribution in [3.8, 4) is 0 Å². The Hall–Kier alpha value is -2.19. The summed E-state index contributed by atoms with van der Waals surface area (Å²) in [6.07, 6.45) is 3.82. The number of hydrogen-bond acceptors (Lipinski definition) is 6. The second-order valence-electron chi connectivity index (χ2n) is 7.00. The van der Waals surface area contributed by atoms with Crippen molar-refractivity contribution < 1.29 is 14.0 Å². The molecule has 2 aromatic rings. The quantitative estimate of drug-likeness (QED) is 0.719. The minimum atomic E-state index is -0.263. The molecule has 3 rings (SSSR count). The van der Waals surface area contributed by atoms with Gasteiger partial charge < -0.3 is 15.1 Å². The largest absolute Gasteiger partial charge is 0.469 e. The van der Waals surface area contributed by atoms with Crippen LogP contribution < -0.4 is 16.0 Å². The SMILES string of the molecule is Cc1occc1C(=O)Nc1nc(CC(=O)NCC2(C)CCNCC2)cs1. The molecule has 1 saturated heterocycles. The molecule has 2 aromatic heterocycles. The number of carbonyl (C=O) groups is 2. The van der Waals surface area contributed by atoms with Gasteiger partial charge in [0.1, 0.15) is 5.76 Å². The van der Waals surface area contributed by atoms with Gasteiger partial charge in [0.05, 0.1) is 23.9 Å². The van der Waals surface area contributed by atoms with Crippen LogP contribution in [0.1, 0.15) is 41.6 Å². The van der Waals surface area contributed by atoms with Gasteiger partial charge in [0.2, 0.25) is 5.91 Å². The number of aromatic nitrogens is 1. The molecule has 0 saturated carbocycles. The number of nitrogens with one attached hydrogen (secondary N) is 3. The molecule has 1 fully saturated rings. The average molecular weight is 376 g/mol. The number of hydrogen-bond donors (Lipinski definition) is 3. The van der Waals surface area contributed by atoms with Crippen LogP contribution in [0.15, 0.2) is 22.1 Å². The molecule has 0 atom stereocenters. The zero-order valence-corrected chi connectivity index (χ0v) is 15.9. The molecular formula is C18H24N4O3S. The number of furan rings is 1. The number of nitrogens with zero attached hydrogens (tertiary/aromatic N) is 1. The van der Waals surface area contributed by atoms with E-state index in [1.807, 2.05) is 0 Å². The molecule has 0 unspecified atom stereocenters. The summed E-state index contributed by atoms with van der Waals surface area (Å²) in [7, 11) is 0. The van der Waals surface area contributed by atoms with E-state index in [9.17, 15) is 9.59 Å². The minimum absolute atomic E-state index is 0.0430. The lowest BCUT2D eigenvalue weighted by atomic mass is 9.81. The summed E-state index contributed by atoms with van der Waals surface area (Å²) >= 11 is 1.31. The maximum Gasteiger partial charge on any atom is 0.260 e. The van der Waals surface area contributed by atoms with Gasteiger partial charge >= 0.3 is 0 Å². The highest BCUT2D eigenvalue weighted by atomic mass is 32.1. The number of aryl methyl sites for hydroxylation is 1. The van der Waals surface area contributed by atoms with E-state index >= 15 is 0 Å². The maximum atomic E-state index is 12.2. The number of anilines is 1. The predicted molar refractivity (Wildman–Crippen MR) is 100 cm³/mol. The highest BCUT2D eigenvalue weighted by Crippen LogP contribution is 2.26. The number of thiazole rings is 1. The highest BCUT2D eigenvalue weighted by molar-refractivity contribution is 7.14. The minimum Gasteiger partial charge on any atom is -0.469 e. The van der Waals surface area contributed by atoms with E-state index in [0.29, 0.717) is 28.7 Å². The Kier molecular flexibility index (Phi) is 5.73. The second-order valence-corrected chi connectivity index (χ2v) is 7.86. The van der Waals surface area contributed by atoms with E-state index in [4.69, 9.17) is 4.42 Å². The summed E-state index contributed by atoms with van der Waals surface area (Å²) in [4.78, 5) is 28.7. The summed E-state index contributed by atoms with van der Waals surface area (Å²) < 4.78 is 5.13. The van der Waals surface area contributed by atoms with Crippen LogP contribution in [0, 0.1) is 12.3 Å². The van der Waals surface area contributed by atoms with Gasteiger partial charge in [0, 0.05) is 11.9 Å². The molecule has 3 N–H and O–H groups in total. The predicted octanol–water partition coefficient (Wildman–Crippen LogP) is 2.35. The van der Waals surface area contributed by atoms with Gasteiger partial charge in [-0.3, -0.25) is 14.9 Å². The Labute approximate surface area is 156 Å². The molecule has 7 nitrogen and oxygen atoms in total. The molecule has 8 heteroatoms. The van der Waals surface area contributed by atoms with E-state index in [1.165, 1.54) is 17.6 Å². The van der Waals surface area contributed by atoms with E-state index in [-0.39, 0.29) is 23.7 Å². The van der Waals surface area contributed by atoms with E-state index in [0.717, 1.165) is 25.9 Å². The third-order valence-electron chi connectivity index (χ3n) is 4.74. The van der Waals surface area contributed by atoms with Crippen molar-refractivity contribution in [3.63, 3.8) is 0 Å². The molecule has 1 aliphatic heterocycles. The standard InChI is InChI=1S/C18H24N4O3S/c1-12-14(3-8-25-12)16(24)22-17-21-13(10-26-17)9-15(23)20-11-18(2)4-6-19-7-5-18/h3,8,10,19H,4-7,9,11H2,1-2H3,(H,20,23)(H,21,22,24). The Morgan fingerprint density at radius 2 is 2.15 bits per heavy atom. The molecule has 0 radical (unpaired) electrons. The van der Waals surface area contributed by atoms with Crippen LogP contribution in [-0.4, -0.2) is 36.4 Å². The normalized spacial score (nSPS) is 16.2. The zero-order chi connectivity index (χ0) is 18.6. The van der Waals surface area contributed by atoms with Gasteiger partial charge in [-0.25, -0.2) is 4.98 Å². The monoisotopic (exact) mass is 376 g/mol. The molecule has 2 amide bonds. The number of carbonyl (C=O) groups excluding carboxylic acids is 2. The first-order valence-corrected chi connectivity index (χ1v) is 9.60. The third-order valence-corrected chi connectivity index (χ3v) is 5.55. The Morgan fingerprint density at radius 3 is 2.85 bits per heavy atom. The molecule has 0 bridgehead atoms. The average Bonchev–Trinajstić information content (AvgIpc) is 3.23. The molecule has 140 valence electrons. The van der Waals surface area contributed by atoms with E-state index < -0.39 is 0 Å². The summed E-state index contributed by atoms with van der Waals surface area (Å²) in [6, 6.07) is 1.62. The van der Waals surface area contributed by atoms with Crippen molar-refractivity contribution in [2.75, 3.05) is 25.0 Å². The van der Waals surface area contributed by atoms with Crippen LogP contribution in [0.2, 0.25) is 0 Å². The first-order chi connectivity index (χ1) is 12.5. The van der Waals surface area contributed by atoms with Gasteiger partial charge in [-0.1, -0.05) is 6.92 Å². The molecule has 1 aliphatic rings. The van der Waals surface area contributed by atoms with Crippen molar-refractivity contribution in [1.29, 1.82) is 0 Å². The van der Waals surface area contributed by atoms with Crippen LogP contribution in [0.5, 0.6) is 0 Å². The fourth-order valence-corrected chi connectivity index (χ4v) is 3.68. The van der Waals surface area contributed by atoms with Crippen molar-refractivity contribution in [3.05, 3.63) is 34.7 Å². The molecule has 3 heterocycles. The van der Waals surface area contributed by atoms with Crippen LogP contribution in [0.3, 0.4) is 0 Å². The van der Waals surface area contributed by atoms with Gasteiger partial charge in [0.15, 0.2) is 5.13 Å². The third kappa shape index (κ3) is 4.70. The second kappa shape index (κ2) is 8.01. The molecule has 0 spiro atoms. The molecule has 0 aromatic carbocycles. The lowest BCUT2D eigenvalue weighted by Crippen LogP contribution is -2.43. The lowest BCUT2D eigenvalue weighted by Gasteiger charge is -2.34. The van der Waals surface area contributed by atoms with Crippen molar-refractivity contribution >= 4 is 28.3 Å². The van der Waals surface area contributed by atoms with Crippen LogP contribution in [-0.2, 0) is 11.2 Å². The Bertz CT molecular complexity index is 777. The van der Waals surface area contributed by atoms with Crippen molar-refractivity contribution in [1.82, 2.24) is 15.6 Å². The molecule has 26 heavy (non-hydrogen) atoms. The summed E-state index contributed by atoms with van der Waals surface area (Å²) in [5.41, 5.74) is 1.29. The topological polar surface area (TPSA) is 96.3 Å². The highest BCUT2D eigenvalue weighted by Gasteiger charge is 2.27.